The number of nitrogens with zero attached hydrogens (tertiary/aromatic N) is 1. The summed E-state index contributed by atoms with van der Waals surface area (Å²) in [6.45, 7) is 10.5. The number of anilines is 1. The van der Waals surface area contributed by atoms with E-state index >= 15 is 0 Å². The highest BCUT2D eigenvalue weighted by Crippen LogP contribution is 2.18. The van der Waals surface area contributed by atoms with Crippen molar-refractivity contribution < 1.29 is 4.79 Å². The second-order valence-electron chi connectivity index (χ2n) is 5.87. The molecule has 1 amide bonds. The number of carbonyl (C=O) groups is 1. The summed E-state index contributed by atoms with van der Waals surface area (Å²) in [7, 11) is 1.95. The minimum absolute atomic E-state index is 0.0545. The molecule has 0 atom stereocenters. The van der Waals surface area contributed by atoms with Gasteiger partial charge in [-0.3, -0.25) is 4.79 Å². The average Bonchev–Trinajstić information content (AvgIpc) is 2.39. The van der Waals surface area contributed by atoms with Gasteiger partial charge in [-0.15, -0.1) is 0 Å². The topological polar surface area (TPSA) is 44.4 Å². The molecule has 4 nitrogen and oxygen atoms in total. The van der Waals surface area contributed by atoms with E-state index in [1.807, 2.05) is 25.8 Å². The van der Waals surface area contributed by atoms with Gasteiger partial charge in [-0.05, 0) is 57.0 Å². The lowest BCUT2D eigenvalue weighted by Gasteiger charge is -2.21. The maximum Gasteiger partial charge on any atom is 0.239 e. The van der Waals surface area contributed by atoms with Crippen LogP contribution in [0.5, 0.6) is 0 Å². The predicted molar refractivity (Wildman–Crippen MR) is 89.7 cm³/mol. The van der Waals surface area contributed by atoms with Crippen LogP contribution in [-0.4, -0.2) is 32.1 Å². The number of nitrogens with one attached hydrogen (secondary N) is 2. The molecule has 1 aromatic rings. The van der Waals surface area contributed by atoms with Crippen molar-refractivity contribution in [2.75, 3.05) is 25.0 Å². The van der Waals surface area contributed by atoms with Gasteiger partial charge in [0.05, 0.1) is 6.54 Å². The smallest absolute Gasteiger partial charge is 0.239 e. The maximum absolute atomic E-state index is 11.8. The summed E-state index contributed by atoms with van der Waals surface area (Å²) in [5, 5.41) is 6.33. The van der Waals surface area contributed by atoms with Gasteiger partial charge in [0, 0.05) is 25.3 Å². The second-order valence-corrected chi connectivity index (χ2v) is 5.87. The molecule has 0 heterocycles. The Balaban J connectivity index is 2.63. The van der Waals surface area contributed by atoms with Crippen LogP contribution >= 0.6 is 0 Å². The number of hydrogen-bond donors (Lipinski definition) is 2. The molecule has 1 rings (SSSR count). The van der Waals surface area contributed by atoms with Crippen molar-refractivity contribution in [3.63, 3.8) is 0 Å². The molecular formula is C17H29N3O. The molecule has 0 radical (unpaired) electrons. The number of aryl methyl sites for hydroxylation is 1. The van der Waals surface area contributed by atoms with E-state index in [1.54, 1.807) is 0 Å². The molecule has 0 aliphatic heterocycles. The average molecular weight is 291 g/mol. The Morgan fingerprint density at radius 3 is 2.62 bits per heavy atom. The summed E-state index contributed by atoms with van der Waals surface area (Å²) >= 11 is 0. The number of hydrogen-bond acceptors (Lipinski definition) is 3. The highest BCUT2D eigenvalue weighted by molar-refractivity contribution is 5.81. The number of likely N-dealkylation sites (N-methyl/N-ethyl adjacent to an activating group) is 1. The summed E-state index contributed by atoms with van der Waals surface area (Å²) in [4.78, 5) is 13.8. The van der Waals surface area contributed by atoms with Crippen LogP contribution in [-0.2, 0) is 11.3 Å². The van der Waals surface area contributed by atoms with Gasteiger partial charge < -0.3 is 15.5 Å². The Morgan fingerprint density at radius 2 is 2.05 bits per heavy atom. The minimum Gasteiger partial charge on any atom is -0.365 e. The van der Waals surface area contributed by atoms with Crippen LogP contribution in [0.25, 0.3) is 0 Å². The molecule has 0 fully saturated rings. The Hall–Kier alpha value is -1.55. The molecule has 0 aliphatic carbocycles. The first kappa shape index (κ1) is 17.5. The molecule has 2 N–H and O–H groups in total. The van der Waals surface area contributed by atoms with Crippen LogP contribution in [0.2, 0.25) is 0 Å². The van der Waals surface area contributed by atoms with Crippen molar-refractivity contribution in [2.24, 2.45) is 0 Å². The van der Waals surface area contributed by atoms with Crippen molar-refractivity contribution >= 4 is 11.6 Å². The molecule has 0 aromatic heterocycles. The van der Waals surface area contributed by atoms with Gasteiger partial charge in [-0.25, -0.2) is 0 Å². The monoisotopic (exact) mass is 291 g/mol. The fourth-order valence-electron chi connectivity index (χ4n) is 2.19. The lowest BCUT2D eigenvalue weighted by Crippen LogP contribution is -2.38. The molecule has 4 heteroatoms. The third kappa shape index (κ3) is 6.17. The highest BCUT2D eigenvalue weighted by atomic mass is 16.2. The number of amides is 1. The van der Waals surface area contributed by atoms with E-state index in [2.05, 4.69) is 42.7 Å². The van der Waals surface area contributed by atoms with Gasteiger partial charge in [0.1, 0.15) is 0 Å². The molecule has 0 saturated carbocycles. The molecule has 0 bridgehead atoms. The van der Waals surface area contributed by atoms with Crippen LogP contribution in [0, 0.1) is 6.92 Å². The lowest BCUT2D eigenvalue weighted by molar-refractivity contribution is -0.120. The first-order valence-corrected chi connectivity index (χ1v) is 7.74. The molecule has 0 saturated heterocycles. The van der Waals surface area contributed by atoms with E-state index in [0.717, 1.165) is 25.2 Å². The zero-order valence-corrected chi connectivity index (χ0v) is 14.0. The third-order valence-corrected chi connectivity index (χ3v) is 3.34. The Morgan fingerprint density at radius 1 is 1.33 bits per heavy atom. The van der Waals surface area contributed by atoms with Crippen molar-refractivity contribution in [3.8, 4) is 0 Å². The minimum atomic E-state index is 0.0545. The van der Waals surface area contributed by atoms with Crippen molar-refractivity contribution in [2.45, 2.75) is 46.7 Å². The standard InChI is InChI=1S/C17H29N3O/c1-6-9-18-11-15-7-8-16(10-14(15)4)20(5)12-17(21)19-13(2)3/h7-8,10,13,18H,6,9,11-12H2,1-5H3,(H,19,21). The quantitative estimate of drug-likeness (QED) is 0.723. The van der Waals surface area contributed by atoms with E-state index < -0.39 is 0 Å². The van der Waals surface area contributed by atoms with Gasteiger partial charge >= 0.3 is 0 Å². The van der Waals surface area contributed by atoms with Gasteiger partial charge in [-0.1, -0.05) is 13.0 Å². The van der Waals surface area contributed by atoms with E-state index in [1.165, 1.54) is 11.1 Å². The Labute approximate surface area is 128 Å². The summed E-state index contributed by atoms with van der Waals surface area (Å²) < 4.78 is 0. The lowest BCUT2D eigenvalue weighted by atomic mass is 10.1. The second kappa shape index (κ2) is 8.67. The fourth-order valence-corrected chi connectivity index (χ4v) is 2.19. The number of benzene rings is 1. The molecule has 0 aliphatic rings. The Bertz CT molecular complexity index is 457. The summed E-state index contributed by atoms with van der Waals surface area (Å²) in [6, 6.07) is 6.55. The van der Waals surface area contributed by atoms with Crippen LogP contribution in [0.3, 0.4) is 0 Å². The van der Waals surface area contributed by atoms with Crippen molar-refractivity contribution in [1.82, 2.24) is 10.6 Å². The van der Waals surface area contributed by atoms with Gasteiger partial charge in [0.15, 0.2) is 0 Å². The van der Waals surface area contributed by atoms with Crippen LogP contribution < -0.4 is 15.5 Å². The molecule has 1 aromatic carbocycles. The maximum atomic E-state index is 11.8. The highest BCUT2D eigenvalue weighted by Gasteiger charge is 2.09. The van der Waals surface area contributed by atoms with Crippen LogP contribution in [0.4, 0.5) is 5.69 Å². The molecule has 0 spiro atoms. The van der Waals surface area contributed by atoms with E-state index in [0.29, 0.717) is 6.54 Å². The van der Waals surface area contributed by atoms with Crippen LogP contribution in [0.15, 0.2) is 18.2 Å². The Kier molecular flexibility index (Phi) is 7.23. The molecule has 21 heavy (non-hydrogen) atoms. The SMILES string of the molecule is CCCNCc1ccc(N(C)CC(=O)NC(C)C)cc1C. The van der Waals surface area contributed by atoms with E-state index in [-0.39, 0.29) is 11.9 Å². The van der Waals surface area contributed by atoms with E-state index in [4.69, 9.17) is 0 Å². The zero-order valence-electron chi connectivity index (χ0n) is 14.0. The zero-order chi connectivity index (χ0) is 15.8. The summed E-state index contributed by atoms with van der Waals surface area (Å²) in [5.41, 5.74) is 3.64. The summed E-state index contributed by atoms with van der Waals surface area (Å²) in [5.74, 6) is 0.0545. The van der Waals surface area contributed by atoms with Gasteiger partial charge in [0.25, 0.3) is 0 Å². The fraction of sp³-hybridized carbons (Fsp3) is 0.588. The number of rotatable bonds is 8. The normalized spacial score (nSPS) is 10.8. The largest absolute Gasteiger partial charge is 0.365 e. The van der Waals surface area contributed by atoms with Crippen molar-refractivity contribution in [3.05, 3.63) is 29.3 Å². The molecular weight excluding hydrogens is 262 g/mol. The summed E-state index contributed by atoms with van der Waals surface area (Å²) in [6.07, 6.45) is 1.14. The number of carbonyl (C=O) groups excluding carboxylic acids is 1. The first-order valence-electron chi connectivity index (χ1n) is 7.74. The van der Waals surface area contributed by atoms with Crippen molar-refractivity contribution in [1.29, 1.82) is 0 Å². The molecule has 0 unspecified atom stereocenters. The van der Waals surface area contributed by atoms with Gasteiger partial charge in [0.2, 0.25) is 5.91 Å². The van der Waals surface area contributed by atoms with E-state index in [9.17, 15) is 4.79 Å². The third-order valence-electron chi connectivity index (χ3n) is 3.34. The molecule has 118 valence electrons. The predicted octanol–water partition coefficient (Wildman–Crippen LogP) is 2.46. The van der Waals surface area contributed by atoms with Gasteiger partial charge in [-0.2, -0.15) is 0 Å². The van der Waals surface area contributed by atoms with Crippen LogP contribution in [0.1, 0.15) is 38.3 Å². The first-order chi connectivity index (χ1) is 9.93.